The lowest BCUT2D eigenvalue weighted by Crippen LogP contribution is -2.33. The zero-order valence-corrected chi connectivity index (χ0v) is 13.4. The van der Waals surface area contributed by atoms with Crippen LogP contribution in [-0.4, -0.2) is 24.9 Å². The summed E-state index contributed by atoms with van der Waals surface area (Å²) in [5.41, 5.74) is 1.68. The summed E-state index contributed by atoms with van der Waals surface area (Å²) < 4.78 is 13.4. The van der Waals surface area contributed by atoms with Crippen molar-refractivity contribution in [2.45, 2.75) is 19.3 Å². The third-order valence-corrected chi connectivity index (χ3v) is 3.57. The highest BCUT2D eigenvalue weighted by Gasteiger charge is 2.09. The fourth-order valence-electron chi connectivity index (χ4n) is 2.30. The van der Waals surface area contributed by atoms with Gasteiger partial charge in [0.25, 0.3) is 0 Å². The Bertz CT molecular complexity index is 674. The number of nitrogens with one attached hydrogen (secondary N) is 2. The van der Waals surface area contributed by atoms with Crippen LogP contribution >= 0.6 is 0 Å². The molecule has 0 saturated carbocycles. The quantitative estimate of drug-likeness (QED) is 0.730. The first kappa shape index (κ1) is 17.7. The standard InChI is InChI=1S/C19H21FN2O2/c20-17-9-5-4-8-16(17)11-13-22-19(24)14-18(23)21-12-10-15-6-2-1-3-7-15/h1-9H,10-14H2,(H,21,23)(H,22,24). The molecule has 0 atom stereocenters. The summed E-state index contributed by atoms with van der Waals surface area (Å²) >= 11 is 0. The van der Waals surface area contributed by atoms with Gasteiger partial charge in [0.1, 0.15) is 12.2 Å². The molecule has 0 fully saturated rings. The Balaban J connectivity index is 1.61. The van der Waals surface area contributed by atoms with Gasteiger partial charge < -0.3 is 10.6 Å². The van der Waals surface area contributed by atoms with Crippen molar-refractivity contribution in [3.63, 3.8) is 0 Å². The Hall–Kier alpha value is -2.69. The summed E-state index contributed by atoms with van der Waals surface area (Å²) in [5.74, 6) is -0.955. The van der Waals surface area contributed by atoms with Gasteiger partial charge in [0.2, 0.25) is 11.8 Å². The lowest BCUT2D eigenvalue weighted by molar-refractivity contribution is -0.129. The third-order valence-electron chi connectivity index (χ3n) is 3.57. The fraction of sp³-hybridized carbons (Fsp3) is 0.263. The lowest BCUT2D eigenvalue weighted by atomic mass is 10.1. The maximum Gasteiger partial charge on any atom is 0.229 e. The van der Waals surface area contributed by atoms with Gasteiger partial charge in [-0.15, -0.1) is 0 Å². The SMILES string of the molecule is O=C(CC(=O)NCCc1ccccc1F)NCCc1ccccc1. The minimum Gasteiger partial charge on any atom is -0.355 e. The van der Waals surface area contributed by atoms with Gasteiger partial charge in [0, 0.05) is 13.1 Å². The van der Waals surface area contributed by atoms with E-state index >= 15 is 0 Å². The molecule has 24 heavy (non-hydrogen) atoms. The zero-order valence-electron chi connectivity index (χ0n) is 13.4. The maximum absolute atomic E-state index is 13.4. The molecule has 0 bridgehead atoms. The van der Waals surface area contributed by atoms with E-state index in [0.717, 1.165) is 12.0 Å². The van der Waals surface area contributed by atoms with Crippen molar-refractivity contribution < 1.29 is 14.0 Å². The van der Waals surface area contributed by atoms with Gasteiger partial charge in [0.15, 0.2) is 0 Å². The normalized spacial score (nSPS) is 10.2. The van der Waals surface area contributed by atoms with Gasteiger partial charge in [-0.3, -0.25) is 9.59 Å². The van der Waals surface area contributed by atoms with Gasteiger partial charge in [-0.25, -0.2) is 4.39 Å². The molecule has 5 heteroatoms. The fourth-order valence-corrected chi connectivity index (χ4v) is 2.30. The van der Waals surface area contributed by atoms with E-state index in [1.807, 2.05) is 30.3 Å². The molecule has 0 aliphatic carbocycles. The van der Waals surface area contributed by atoms with Gasteiger partial charge in [-0.05, 0) is 30.0 Å². The molecule has 2 aromatic carbocycles. The van der Waals surface area contributed by atoms with E-state index in [4.69, 9.17) is 0 Å². The van der Waals surface area contributed by atoms with Gasteiger partial charge in [0.05, 0.1) is 0 Å². The first-order chi connectivity index (χ1) is 11.6. The minimum absolute atomic E-state index is 0.216. The molecule has 0 aliphatic heterocycles. The van der Waals surface area contributed by atoms with Crippen LogP contribution in [0.25, 0.3) is 0 Å². The van der Waals surface area contributed by atoms with Crippen molar-refractivity contribution in [1.82, 2.24) is 10.6 Å². The van der Waals surface area contributed by atoms with Crippen LogP contribution in [0, 0.1) is 5.82 Å². The number of carbonyl (C=O) groups is 2. The third kappa shape index (κ3) is 6.20. The second-order valence-electron chi connectivity index (χ2n) is 5.45. The summed E-state index contributed by atoms with van der Waals surface area (Å²) in [5, 5.41) is 5.35. The van der Waals surface area contributed by atoms with E-state index in [2.05, 4.69) is 10.6 Å². The van der Waals surface area contributed by atoms with E-state index in [-0.39, 0.29) is 24.1 Å². The summed E-state index contributed by atoms with van der Waals surface area (Å²) in [6, 6.07) is 16.2. The number of carbonyl (C=O) groups excluding carboxylic acids is 2. The van der Waals surface area contributed by atoms with Crippen LogP contribution < -0.4 is 10.6 Å². The van der Waals surface area contributed by atoms with Crippen LogP contribution in [0.4, 0.5) is 4.39 Å². The first-order valence-electron chi connectivity index (χ1n) is 7.96. The molecular weight excluding hydrogens is 307 g/mol. The predicted molar refractivity (Wildman–Crippen MR) is 90.9 cm³/mol. The van der Waals surface area contributed by atoms with Gasteiger partial charge in [-0.1, -0.05) is 48.5 Å². The molecular formula is C19H21FN2O2. The second kappa shape index (κ2) is 9.45. The zero-order chi connectivity index (χ0) is 17.2. The van der Waals surface area contributed by atoms with Crippen LogP contribution in [0.2, 0.25) is 0 Å². The topological polar surface area (TPSA) is 58.2 Å². The van der Waals surface area contributed by atoms with Crippen LogP contribution in [0.3, 0.4) is 0 Å². The van der Waals surface area contributed by atoms with Gasteiger partial charge in [-0.2, -0.15) is 0 Å². The number of hydrogen-bond acceptors (Lipinski definition) is 2. The summed E-state index contributed by atoms with van der Waals surface area (Å²) in [6.07, 6.45) is 0.904. The van der Waals surface area contributed by atoms with E-state index in [1.165, 1.54) is 6.07 Å². The number of halogens is 1. The summed E-state index contributed by atoms with van der Waals surface area (Å²) in [6.45, 7) is 0.794. The van der Waals surface area contributed by atoms with Crippen LogP contribution in [0.15, 0.2) is 54.6 Å². The molecule has 0 aliphatic rings. The average molecular weight is 328 g/mol. The number of hydrogen-bond donors (Lipinski definition) is 2. The highest BCUT2D eigenvalue weighted by atomic mass is 19.1. The molecule has 2 rings (SSSR count). The Morgan fingerprint density at radius 1 is 0.792 bits per heavy atom. The Labute approximate surface area is 141 Å². The maximum atomic E-state index is 13.4. The van der Waals surface area contributed by atoms with Crippen molar-refractivity contribution in [3.05, 3.63) is 71.5 Å². The van der Waals surface area contributed by atoms with E-state index < -0.39 is 0 Å². The number of rotatable bonds is 8. The second-order valence-corrected chi connectivity index (χ2v) is 5.45. The molecule has 126 valence electrons. The van der Waals surface area contributed by atoms with Crippen molar-refractivity contribution >= 4 is 11.8 Å². The van der Waals surface area contributed by atoms with Crippen LogP contribution in [-0.2, 0) is 22.4 Å². The van der Waals surface area contributed by atoms with Crippen LogP contribution in [0.5, 0.6) is 0 Å². The Morgan fingerprint density at radius 3 is 2.04 bits per heavy atom. The lowest BCUT2D eigenvalue weighted by Gasteiger charge is -2.07. The molecule has 0 unspecified atom stereocenters. The molecule has 0 heterocycles. The predicted octanol–water partition coefficient (Wildman–Crippen LogP) is 2.23. The highest BCUT2D eigenvalue weighted by Crippen LogP contribution is 2.06. The monoisotopic (exact) mass is 328 g/mol. The van der Waals surface area contributed by atoms with Crippen molar-refractivity contribution in [2.75, 3.05) is 13.1 Å². The smallest absolute Gasteiger partial charge is 0.229 e. The first-order valence-corrected chi connectivity index (χ1v) is 7.96. The van der Waals surface area contributed by atoms with Crippen molar-refractivity contribution in [1.29, 1.82) is 0 Å². The number of benzene rings is 2. The molecule has 0 spiro atoms. The summed E-state index contributed by atoms with van der Waals surface area (Å²) in [4.78, 5) is 23.4. The minimum atomic E-state index is -0.358. The van der Waals surface area contributed by atoms with E-state index in [9.17, 15) is 14.0 Å². The van der Waals surface area contributed by atoms with Crippen molar-refractivity contribution in [2.24, 2.45) is 0 Å². The molecule has 2 N–H and O–H groups in total. The molecule has 0 saturated heterocycles. The molecule has 2 amide bonds. The molecule has 0 radical (unpaired) electrons. The number of amides is 2. The summed E-state index contributed by atoms with van der Waals surface area (Å²) in [7, 11) is 0. The largest absolute Gasteiger partial charge is 0.355 e. The average Bonchev–Trinajstić information content (AvgIpc) is 2.57. The molecule has 0 aromatic heterocycles. The van der Waals surface area contributed by atoms with Gasteiger partial charge >= 0.3 is 0 Å². The van der Waals surface area contributed by atoms with E-state index in [1.54, 1.807) is 18.2 Å². The van der Waals surface area contributed by atoms with Crippen molar-refractivity contribution in [3.8, 4) is 0 Å². The Kier molecular flexibility index (Phi) is 6.95. The van der Waals surface area contributed by atoms with Crippen LogP contribution in [0.1, 0.15) is 17.5 Å². The highest BCUT2D eigenvalue weighted by molar-refractivity contribution is 5.96. The van der Waals surface area contributed by atoms with E-state index in [0.29, 0.717) is 25.1 Å². The Morgan fingerprint density at radius 2 is 1.38 bits per heavy atom. The molecule has 2 aromatic rings. The molecule has 4 nitrogen and oxygen atoms in total.